The Hall–Kier alpha value is -1.49. The Morgan fingerprint density at radius 2 is 2.26 bits per heavy atom. The molecule has 0 saturated heterocycles. The number of ether oxygens (including phenoxy) is 1. The molecule has 0 bridgehead atoms. The third-order valence-corrected chi connectivity index (χ3v) is 3.58. The van der Waals surface area contributed by atoms with Crippen LogP contribution >= 0.6 is 15.9 Å². The van der Waals surface area contributed by atoms with E-state index in [-0.39, 0.29) is 0 Å². The first-order valence-corrected chi connectivity index (χ1v) is 7.15. The number of methoxy groups -OCH3 is 1. The van der Waals surface area contributed by atoms with Gasteiger partial charge in [0.15, 0.2) is 0 Å². The van der Waals surface area contributed by atoms with Crippen LogP contribution in [0.25, 0.3) is 0 Å². The van der Waals surface area contributed by atoms with Gasteiger partial charge in [0.05, 0.1) is 12.8 Å². The van der Waals surface area contributed by atoms with Crippen LogP contribution in [0.15, 0.2) is 35.1 Å². The maximum Gasteiger partial charge on any atom is 0.207 e. The van der Waals surface area contributed by atoms with Crippen molar-refractivity contribution in [2.24, 2.45) is 0 Å². The molecule has 1 N–H and O–H groups in total. The standard InChI is InChI=1S/C14H18BrN3O/c1-3-4-8-18-9-7-16-14(18)17-13-10-11(19-2)5-6-12(13)15/h5-7,9-10H,3-4,8H2,1-2H3,(H,16,17). The first-order valence-electron chi connectivity index (χ1n) is 6.36. The largest absolute Gasteiger partial charge is 0.497 e. The lowest BCUT2D eigenvalue weighted by molar-refractivity contribution is 0.415. The Bertz CT molecular complexity index is 539. The molecule has 0 aliphatic heterocycles. The zero-order valence-electron chi connectivity index (χ0n) is 11.2. The summed E-state index contributed by atoms with van der Waals surface area (Å²) in [6, 6.07) is 5.82. The van der Waals surface area contributed by atoms with Crippen LogP contribution in [0.2, 0.25) is 0 Å². The maximum atomic E-state index is 5.24. The second kappa shape index (κ2) is 6.61. The number of anilines is 2. The summed E-state index contributed by atoms with van der Waals surface area (Å²) in [4.78, 5) is 4.35. The summed E-state index contributed by atoms with van der Waals surface area (Å²) in [5.74, 6) is 1.67. The molecule has 102 valence electrons. The van der Waals surface area contributed by atoms with Crippen LogP contribution in [0.4, 0.5) is 11.6 Å². The van der Waals surface area contributed by atoms with Crippen molar-refractivity contribution in [3.63, 3.8) is 0 Å². The number of hydrogen-bond donors (Lipinski definition) is 1. The van der Waals surface area contributed by atoms with Crippen molar-refractivity contribution in [1.29, 1.82) is 0 Å². The van der Waals surface area contributed by atoms with Gasteiger partial charge in [-0.05, 0) is 34.5 Å². The van der Waals surface area contributed by atoms with E-state index in [0.717, 1.165) is 34.8 Å². The second-order valence-electron chi connectivity index (χ2n) is 4.27. The van der Waals surface area contributed by atoms with Gasteiger partial charge in [0, 0.05) is 29.5 Å². The van der Waals surface area contributed by atoms with Crippen molar-refractivity contribution in [3.05, 3.63) is 35.1 Å². The Kier molecular flexibility index (Phi) is 4.85. The molecule has 19 heavy (non-hydrogen) atoms. The molecule has 5 heteroatoms. The number of nitrogens with zero attached hydrogens (tertiary/aromatic N) is 2. The fraction of sp³-hybridized carbons (Fsp3) is 0.357. The van der Waals surface area contributed by atoms with Crippen LogP contribution in [-0.2, 0) is 6.54 Å². The highest BCUT2D eigenvalue weighted by molar-refractivity contribution is 9.10. The van der Waals surface area contributed by atoms with Gasteiger partial charge in [0.25, 0.3) is 0 Å². The minimum Gasteiger partial charge on any atom is -0.497 e. The normalized spacial score (nSPS) is 10.5. The lowest BCUT2D eigenvalue weighted by Gasteiger charge is -2.11. The van der Waals surface area contributed by atoms with Crippen LogP contribution in [0.5, 0.6) is 5.75 Å². The van der Waals surface area contributed by atoms with Crippen LogP contribution in [0.1, 0.15) is 19.8 Å². The number of hydrogen-bond acceptors (Lipinski definition) is 3. The monoisotopic (exact) mass is 323 g/mol. The molecular weight excluding hydrogens is 306 g/mol. The number of halogens is 1. The summed E-state index contributed by atoms with van der Waals surface area (Å²) in [6.07, 6.45) is 6.11. The van der Waals surface area contributed by atoms with Crippen molar-refractivity contribution >= 4 is 27.6 Å². The second-order valence-corrected chi connectivity index (χ2v) is 5.12. The molecule has 1 heterocycles. The van der Waals surface area contributed by atoms with E-state index in [9.17, 15) is 0 Å². The Labute approximate surface area is 121 Å². The molecule has 0 radical (unpaired) electrons. The van der Waals surface area contributed by atoms with Crippen molar-refractivity contribution < 1.29 is 4.74 Å². The van der Waals surface area contributed by atoms with Gasteiger partial charge in [0.1, 0.15) is 5.75 Å². The Morgan fingerprint density at radius 3 is 3.00 bits per heavy atom. The summed E-state index contributed by atoms with van der Waals surface area (Å²) in [5.41, 5.74) is 0.947. The van der Waals surface area contributed by atoms with E-state index in [4.69, 9.17) is 4.74 Å². The molecule has 0 unspecified atom stereocenters. The van der Waals surface area contributed by atoms with E-state index in [1.54, 1.807) is 7.11 Å². The molecule has 0 saturated carbocycles. The minimum atomic E-state index is 0.817. The molecule has 0 atom stereocenters. The first-order chi connectivity index (χ1) is 9.24. The van der Waals surface area contributed by atoms with Crippen molar-refractivity contribution in [2.45, 2.75) is 26.3 Å². The molecule has 0 aliphatic carbocycles. The predicted octanol–water partition coefficient (Wildman–Crippen LogP) is 4.20. The molecule has 1 aromatic heterocycles. The van der Waals surface area contributed by atoms with E-state index in [1.807, 2.05) is 30.6 Å². The third kappa shape index (κ3) is 3.50. The lowest BCUT2D eigenvalue weighted by atomic mass is 10.3. The van der Waals surface area contributed by atoms with Gasteiger partial charge >= 0.3 is 0 Å². The number of nitrogens with one attached hydrogen (secondary N) is 1. The Morgan fingerprint density at radius 1 is 1.42 bits per heavy atom. The van der Waals surface area contributed by atoms with Crippen LogP contribution in [0, 0.1) is 0 Å². The number of aryl methyl sites for hydroxylation is 1. The van der Waals surface area contributed by atoms with Gasteiger partial charge in [0.2, 0.25) is 5.95 Å². The molecule has 0 amide bonds. The number of unbranched alkanes of at least 4 members (excludes halogenated alkanes) is 1. The SMILES string of the molecule is CCCCn1ccnc1Nc1cc(OC)ccc1Br. The highest BCUT2D eigenvalue weighted by Crippen LogP contribution is 2.29. The van der Waals surface area contributed by atoms with Gasteiger partial charge in [-0.3, -0.25) is 0 Å². The fourth-order valence-corrected chi connectivity index (χ4v) is 2.14. The van der Waals surface area contributed by atoms with Gasteiger partial charge in [-0.15, -0.1) is 0 Å². The number of imidazole rings is 1. The summed E-state index contributed by atoms with van der Waals surface area (Å²) in [7, 11) is 1.66. The van der Waals surface area contributed by atoms with Crippen molar-refractivity contribution in [1.82, 2.24) is 9.55 Å². The van der Waals surface area contributed by atoms with E-state index in [0.29, 0.717) is 0 Å². The van der Waals surface area contributed by atoms with Crippen molar-refractivity contribution in [2.75, 3.05) is 12.4 Å². The minimum absolute atomic E-state index is 0.817. The molecular formula is C14H18BrN3O. The zero-order valence-corrected chi connectivity index (χ0v) is 12.8. The summed E-state index contributed by atoms with van der Waals surface area (Å²) in [5, 5.41) is 3.33. The first kappa shape index (κ1) is 13.9. The molecule has 2 rings (SSSR count). The van der Waals surface area contributed by atoms with Gasteiger partial charge < -0.3 is 14.6 Å². The van der Waals surface area contributed by atoms with E-state index < -0.39 is 0 Å². The smallest absolute Gasteiger partial charge is 0.207 e. The number of rotatable bonds is 6. The Balaban J connectivity index is 2.18. The van der Waals surface area contributed by atoms with Crippen LogP contribution < -0.4 is 10.1 Å². The number of aromatic nitrogens is 2. The quantitative estimate of drug-likeness (QED) is 0.866. The number of benzene rings is 1. The van der Waals surface area contributed by atoms with Crippen molar-refractivity contribution in [3.8, 4) is 5.75 Å². The maximum absolute atomic E-state index is 5.24. The molecule has 2 aromatic rings. The van der Waals surface area contributed by atoms with E-state index >= 15 is 0 Å². The highest BCUT2D eigenvalue weighted by atomic mass is 79.9. The average molecular weight is 324 g/mol. The zero-order chi connectivity index (χ0) is 13.7. The molecule has 0 fully saturated rings. The van der Waals surface area contributed by atoms with E-state index in [1.165, 1.54) is 6.42 Å². The van der Waals surface area contributed by atoms with E-state index in [2.05, 4.69) is 37.7 Å². The third-order valence-electron chi connectivity index (χ3n) is 2.89. The summed E-state index contributed by atoms with van der Waals surface area (Å²) < 4.78 is 8.34. The van der Waals surface area contributed by atoms with Crippen LogP contribution in [-0.4, -0.2) is 16.7 Å². The van der Waals surface area contributed by atoms with Crippen LogP contribution in [0.3, 0.4) is 0 Å². The fourth-order valence-electron chi connectivity index (χ4n) is 1.79. The topological polar surface area (TPSA) is 39.1 Å². The van der Waals surface area contributed by atoms with Gasteiger partial charge in [-0.25, -0.2) is 4.98 Å². The molecule has 4 nitrogen and oxygen atoms in total. The summed E-state index contributed by atoms with van der Waals surface area (Å²) in [6.45, 7) is 3.16. The summed E-state index contributed by atoms with van der Waals surface area (Å²) >= 11 is 3.53. The average Bonchev–Trinajstić information content (AvgIpc) is 2.86. The molecule has 1 aromatic carbocycles. The van der Waals surface area contributed by atoms with Gasteiger partial charge in [-0.1, -0.05) is 13.3 Å². The van der Waals surface area contributed by atoms with Gasteiger partial charge in [-0.2, -0.15) is 0 Å². The highest BCUT2D eigenvalue weighted by Gasteiger charge is 2.06. The molecule has 0 aliphatic rings. The lowest BCUT2D eigenvalue weighted by Crippen LogP contribution is -2.03. The predicted molar refractivity (Wildman–Crippen MR) is 81.1 cm³/mol. The molecule has 0 spiro atoms.